The van der Waals surface area contributed by atoms with Crippen molar-refractivity contribution in [1.29, 1.82) is 0 Å². The van der Waals surface area contributed by atoms with Gasteiger partial charge in [-0.25, -0.2) is 8.42 Å². The molecule has 0 radical (unpaired) electrons. The molecule has 0 bridgehead atoms. The maximum atomic E-state index is 11.6. The number of rotatable bonds is 5. The lowest BCUT2D eigenvalue weighted by molar-refractivity contribution is -0.141. The minimum Gasteiger partial charge on any atom is -0.480 e. The quantitative estimate of drug-likeness (QED) is 0.628. The molecule has 0 aliphatic rings. The highest BCUT2D eigenvalue weighted by molar-refractivity contribution is 7.89. The molecule has 0 fully saturated rings. The highest BCUT2D eigenvalue weighted by Gasteiger charge is 2.30. The molecule has 6 nitrogen and oxygen atoms in total. The first kappa shape index (κ1) is 15.3. The van der Waals surface area contributed by atoms with Gasteiger partial charge in [0.05, 0.1) is 11.9 Å². The molecular formula is C9H19NO5S. The van der Waals surface area contributed by atoms with Crippen LogP contribution in [0.2, 0.25) is 0 Å². The zero-order valence-corrected chi connectivity index (χ0v) is 10.7. The van der Waals surface area contributed by atoms with E-state index in [0.717, 1.165) is 0 Å². The number of aliphatic carboxylic acids is 1. The summed E-state index contributed by atoms with van der Waals surface area (Å²) in [6, 6.07) is -1.51. The van der Waals surface area contributed by atoms with Gasteiger partial charge >= 0.3 is 5.97 Å². The van der Waals surface area contributed by atoms with Crippen molar-refractivity contribution < 1.29 is 23.4 Å². The molecule has 0 aromatic carbocycles. The predicted octanol–water partition coefficient (Wildman–Crippen LogP) is -0.214. The van der Waals surface area contributed by atoms with Crippen LogP contribution in [-0.2, 0) is 14.8 Å². The van der Waals surface area contributed by atoms with Gasteiger partial charge in [0, 0.05) is 0 Å². The third-order valence-electron chi connectivity index (χ3n) is 1.68. The van der Waals surface area contributed by atoms with Crippen molar-refractivity contribution in [1.82, 2.24) is 4.72 Å². The maximum Gasteiger partial charge on any atom is 0.324 e. The van der Waals surface area contributed by atoms with Crippen molar-refractivity contribution in [3.05, 3.63) is 0 Å². The average Bonchev–Trinajstić information content (AvgIpc) is 1.94. The van der Waals surface area contributed by atoms with Crippen molar-refractivity contribution in [2.75, 3.05) is 5.75 Å². The second kappa shape index (κ2) is 5.11. The van der Waals surface area contributed by atoms with Gasteiger partial charge in [-0.05, 0) is 12.3 Å². The van der Waals surface area contributed by atoms with Gasteiger partial charge in [0.2, 0.25) is 10.0 Å². The first-order valence-electron chi connectivity index (χ1n) is 4.85. The standard InChI is InChI=1S/C9H19NO5S/c1-6(11)7(8(12)13)10-16(14,15)5-9(2,3)4/h6-7,10-11H,5H2,1-4H3,(H,12,13)/t6-,7+/m1/s1. The number of carboxylic acids is 1. The summed E-state index contributed by atoms with van der Waals surface area (Å²) >= 11 is 0. The number of hydrogen-bond acceptors (Lipinski definition) is 4. The first-order valence-corrected chi connectivity index (χ1v) is 6.51. The molecule has 0 aliphatic carbocycles. The van der Waals surface area contributed by atoms with E-state index in [2.05, 4.69) is 0 Å². The SMILES string of the molecule is C[C@@H](O)[C@H](NS(=O)(=O)CC(C)(C)C)C(=O)O. The normalized spacial score (nSPS) is 16.8. The molecule has 0 heterocycles. The number of aliphatic hydroxyl groups excluding tert-OH is 1. The maximum absolute atomic E-state index is 11.6. The number of carboxylic acid groups (broad SMARTS) is 1. The van der Waals surface area contributed by atoms with Gasteiger partial charge < -0.3 is 10.2 Å². The van der Waals surface area contributed by atoms with Crippen molar-refractivity contribution >= 4 is 16.0 Å². The van der Waals surface area contributed by atoms with Crippen molar-refractivity contribution in [2.24, 2.45) is 5.41 Å². The van der Waals surface area contributed by atoms with Gasteiger partial charge in [0.15, 0.2) is 0 Å². The smallest absolute Gasteiger partial charge is 0.324 e. The Labute approximate surface area is 95.7 Å². The van der Waals surface area contributed by atoms with E-state index in [1.54, 1.807) is 20.8 Å². The molecule has 0 aromatic heterocycles. The Kier molecular flexibility index (Phi) is 4.90. The summed E-state index contributed by atoms with van der Waals surface area (Å²) in [5, 5.41) is 17.9. The van der Waals surface area contributed by atoms with E-state index in [0.29, 0.717) is 0 Å². The summed E-state index contributed by atoms with van der Waals surface area (Å²) in [6.07, 6.45) is -1.28. The highest BCUT2D eigenvalue weighted by atomic mass is 32.2. The lowest BCUT2D eigenvalue weighted by atomic mass is 10.0. The van der Waals surface area contributed by atoms with Crippen molar-refractivity contribution in [3.8, 4) is 0 Å². The lowest BCUT2D eigenvalue weighted by Crippen LogP contribution is -2.49. The molecule has 7 heteroatoms. The van der Waals surface area contributed by atoms with Crippen LogP contribution in [0.5, 0.6) is 0 Å². The third-order valence-corrected chi connectivity index (χ3v) is 3.54. The second-order valence-electron chi connectivity index (χ2n) is 4.99. The van der Waals surface area contributed by atoms with E-state index in [9.17, 15) is 13.2 Å². The number of aliphatic hydroxyl groups is 1. The molecule has 0 rings (SSSR count). The zero-order valence-electron chi connectivity index (χ0n) is 9.89. The minimum absolute atomic E-state index is 0.198. The topological polar surface area (TPSA) is 104 Å². The van der Waals surface area contributed by atoms with Crippen LogP contribution in [-0.4, -0.2) is 42.5 Å². The Morgan fingerprint density at radius 3 is 2.06 bits per heavy atom. The number of hydrogen-bond donors (Lipinski definition) is 3. The van der Waals surface area contributed by atoms with Gasteiger partial charge in [0.1, 0.15) is 6.04 Å². The van der Waals surface area contributed by atoms with Crippen molar-refractivity contribution in [3.63, 3.8) is 0 Å². The molecule has 16 heavy (non-hydrogen) atoms. The zero-order chi connectivity index (χ0) is 13.1. The summed E-state index contributed by atoms with van der Waals surface area (Å²) < 4.78 is 25.1. The van der Waals surface area contributed by atoms with E-state index in [1.165, 1.54) is 6.92 Å². The molecule has 0 aliphatic heterocycles. The molecule has 0 amide bonds. The molecule has 0 saturated heterocycles. The van der Waals surface area contributed by atoms with E-state index in [-0.39, 0.29) is 5.75 Å². The Bertz CT molecular complexity index is 341. The fourth-order valence-corrected chi connectivity index (χ4v) is 3.07. The van der Waals surface area contributed by atoms with E-state index < -0.39 is 33.6 Å². The van der Waals surface area contributed by atoms with E-state index >= 15 is 0 Å². The summed E-state index contributed by atoms with van der Waals surface area (Å²) in [5.41, 5.74) is -0.479. The summed E-state index contributed by atoms with van der Waals surface area (Å²) in [7, 11) is -3.72. The van der Waals surface area contributed by atoms with Gasteiger partial charge in [0.25, 0.3) is 0 Å². The highest BCUT2D eigenvalue weighted by Crippen LogP contribution is 2.15. The van der Waals surface area contributed by atoms with Crippen LogP contribution in [0.15, 0.2) is 0 Å². The Hall–Kier alpha value is -0.660. The van der Waals surface area contributed by atoms with Crippen LogP contribution in [0.4, 0.5) is 0 Å². The molecule has 3 N–H and O–H groups in total. The van der Waals surface area contributed by atoms with Crippen molar-refractivity contribution in [2.45, 2.75) is 39.8 Å². The fraction of sp³-hybridized carbons (Fsp3) is 0.889. The fourth-order valence-electron chi connectivity index (χ4n) is 1.16. The molecule has 0 saturated carbocycles. The van der Waals surface area contributed by atoms with Crippen LogP contribution >= 0.6 is 0 Å². The molecule has 96 valence electrons. The van der Waals surface area contributed by atoms with Gasteiger partial charge in [-0.2, -0.15) is 4.72 Å². The Balaban J connectivity index is 4.75. The summed E-state index contributed by atoms with van der Waals surface area (Å²) in [5.74, 6) is -1.59. The Morgan fingerprint density at radius 1 is 1.38 bits per heavy atom. The number of nitrogens with one attached hydrogen (secondary N) is 1. The second-order valence-corrected chi connectivity index (χ2v) is 6.75. The number of sulfonamides is 1. The van der Waals surface area contributed by atoms with Gasteiger partial charge in [-0.15, -0.1) is 0 Å². The monoisotopic (exact) mass is 253 g/mol. The van der Waals surface area contributed by atoms with Crippen LogP contribution in [0.1, 0.15) is 27.7 Å². The summed E-state index contributed by atoms with van der Waals surface area (Å²) in [4.78, 5) is 10.7. The largest absolute Gasteiger partial charge is 0.480 e. The van der Waals surface area contributed by atoms with Crippen LogP contribution < -0.4 is 4.72 Å². The lowest BCUT2D eigenvalue weighted by Gasteiger charge is -2.22. The predicted molar refractivity (Wildman–Crippen MR) is 59.5 cm³/mol. The van der Waals surface area contributed by atoms with Crippen LogP contribution in [0, 0.1) is 5.41 Å². The van der Waals surface area contributed by atoms with Gasteiger partial charge in [-0.3, -0.25) is 4.79 Å². The average molecular weight is 253 g/mol. The first-order chi connectivity index (χ1) is 6.94. The number of carbonyl (C=O) groups is 1. The van der Waals surface area contributed by atoms with Crippen LogP contribution in [0.25, 0.3) is 0 Å². The molecular weight excluding hydrogens is 234 g/mol. The van der Waals surface area contributed by atoms with Crippen LogP contribution in [0.3, 0.4) is 0 Å². The molecule has 2 atom stereocenters. The molecule has 0 unspecified atom stereocenters. The molecule has 0 spiro atoms. The minimum atomic E-state index is -3.72. The summed E-state index contributed by atoms with van der Waals surface area (Å²) in [6.45, 7) is 6.40. The third kappa shape index (κ3) is 6.04. The van der Waals surface area contributed by atoms with E-state index in [4.69, 9.17) is 10.2 Å². The Morgan fingerprint density at radius 2 is 1.81 bits per heavy atom. The van der Waals surface area contributed by atoms with Gasteiger partial charge in [-0.1, -0.05) is 20.8 Å². The molecule has 0 aromatic rings. The van der Waals surface area contributed by atoms with E-state index in [1.807, 2.05) is 4.72 Å².